The van der Waals surface area contributed by atoms with Gasteiger partial charge < -0.3 is 10.1 Å². The van der Waals surface area contributed by atoms with Crippen LogP contribution in [0.4, 0.5) is 5.82 Å². The van der Waals surface area contributed by atoms with Crippen molar-refractivity contribution in [1.29, 1.82) is 0 Å². The van der Waals surface area contributed by atoms with Crippen LogP contribution in [-0.2, 0) is 16.4 Å². The Labute approximate surface area is 121 Å². The molecule has 9 heteroatoms. The zero-order valence-corrected chi connectivity index (χ0v) is 12.6. The number of aromatic amines is 2. The Balaban J connectivity index is 2.42. The summed E-state index contributed by atoms with van der Waals surface area (Å²) in [7, 11) is -3.91. The zero-order chi connectivity index (χ0) is 15.8. The SMILES string of the molecule is CCc1cc(NS(=O)(=O)c2c(C)[nH]c(C(=O)O)c2C)n[nH]1. The molecule has 0 radical (unpaired) electrons. The maximum absolute atomic E-state index is 12.4. The molecule has 0 spiro atoms. The van der Waals surface area contributed by atoms with Gasteiger partial charge in [0.1, 0.15) is 10.6 Å². The number of H-pyrrole nitrogens is 2. The highest BCUT2D eigenvalue weighted by Gasteiger charge is 2.27. The van der Waals surface area contributed by atoms with Crippen LogP contribution in [0.5, 0.6) is 0 Å². The van der Waals surface area contributed by atoms with Crippen LogP contribution in [0.3, 0.4) is 0 Å². The van der Waals surface area contributed by atoms with Crippen LogP contribution in [0.25, 0.3) is 0 Å². The summed E-state index contributed by atoms with van der Waals surface area (Å²) in [6, 6.07) is 1.59. The number of aromatic nitrogens is 3. The summed E-state index contributed by atoms with van der Waals surface area (Å²) >= 11 is 0. The molecule has 0 atom stereocenters. The third-order valence-corrected chi connectivity index (χ3v) is 4.73. The van der Waals surface area contributed by atoms with Crippen molar-refractivity contribution < 1.29 is 18.3 Å². The van der Waals surface area contributed by atoms with Crippen molar-refractivity contribution in [3.8, 4) is 0 Å². The molecule has 114 valence electrons. The third kappa shape index (κ3) is 2.77. The van der Waals surface area contributed by atoms with E-state index in [0.717, 1.165) is 5.69 Å². The summed E-state index contributed by atoms with van der Waals surface area (Å²) in [5.41, 5.74) is 1.09. The lowest BCUT2D eigenvalue weighted by atomic mass is 10.2. The van der Waals surface area contributed by atoms with Crippen molar-refractivity contribution in [3.05, 3.63) is 28.7 Å². The Kier molecular flexibility index (Phi) is 3.77. The first-order valence-electron chi connectivity index (χ1n) is 6.25. The summed E-state index contributed by atoms with van der Waals surface area (Å²) in [4.78, 5) is 13.6. The summed E-state index contributed by atoms with van der Waals surface area (Å²) in [6.45, 7) is 4.87. The van der Waals surface area contributed by atoms with Crippen LogP contribution in [-0.4, -0.2) is 34.7 Å². The Morgan fingerprint density at radius 1 is 1.43 bits per heavy atom. The summed E-state index contributed by atoms with van der Waals surface area (Å²) in [5, 5.41) is 15.6. The number of anilines is 1. The number of carbonyl (C=O) groups is 1. The van der Waals surface area contributed by atoms with Gasteiger partial charge in [0.25, 0.3) is 10.0 Å². The van der Waals surface area contributed by atoms with Crippen LogP contribution in [0.2, 0.25) is 0 Å². The summed E-state index contributed by atoms with van der Waals surface area (Å²) in [5.74, 6) is -1.03. The molecule has 0 unspecified atom stereocenters. The van der Waals surface area contributed by atoms with Crippen molar-refractivity contribution in [3.63, 3.8) is 0 Å². The van der Waals surface area contributed by atoms with Gasteiger partial charge in [0.15, 0.2) is 5.82 Å². The van der Waals surface area contributed by atoms with E-state index in [0.29, 0.717) is 6.42 Å². The fraction of sp³-hybridized carbons (Fsp3) is 0.333. The Hall–Kier alpha value is -2.29. The van der Waals surface area contributed by atoms with E-state index in [2.05, 4.69) is 19.9 Å². The van der Waals surface area contributed by atoms with Crippen LogP contribution in [0, 0.1) is 13.8 Å². The average molecular weight is 312 g/mol. The van der Waals surface area contributed by atoms with E-state index in [1.54, 1.807) is 6.07 Å². The number of carboxylic acids is 1. The van der Waals surface area contributed by atoms with E-state index < -0.39 is 16.0 Å². The highest BCUT2D eigenvalue weighted by molar-refractivity contribution is 7.92. The molecule has 2 heterocycles. The smallest absolute Gasteiger partial charge is 0.352 e. The van der Waals surface area contributed by atoms with E-state index >= 15 is 0 Å². The van der Waals surface area contributed by atoms with Gasteiger partial charge in [0.2, 0.25) is 0 Å². The third-order valence-electron chi connectivity index (χ3n) is 3.10. The molecular weight excluding hydrogens is 296 g/mol. The maximum Gasteiger partial charge on any atom is 0.352 e. The lowest BCUT2D eigenvalue weighted by Crippen LogP contribution is -2.15. The second-order valence-corrected chi connectivity index (χ2v) is 6.24. The highest BCUT2D eigenvalue weighted by Crippen LogP contribution is 2.25. The van der Waals surface area contributed by atoms with Crippen LogP contribution >= 0.6 is 0 Å². The fourth-order valence-electron chi connectivity index (χ4n) is 2.13. The van der Waals surface area contributed by atoms with E-state index in [4.69, 9.17) is 5.11 Å². The summed E-state index contributed by atoms with van der Waals surface area (Å²) < 4.78 is 27.1. The molecule has 0 fully saturated rings. The molecule has 0 aromatic carbocycles. The van der Waals surface area contributed by atoms with Gasteiger partial charge in [-0.05, 0) is 20.3 Å². The molecule has 0 aliphatic rings. The first kappa shape index (κ1) is 15.1. The second-order valence-electron chi connectivity index (χ2n) is 4.62. The van der Waals surface area contributed by atoms with Gasteiger partial charge in [0.05, 0.1) is 0 Å². The van der Waals surface area contributed by atoms with Gasteiger partial charge in [-0.2, -0.15) is 5.10 Å². The Bertz CT molecular complexity index is 788. The standard InChI is InChI=1S/C12H16N4O4S/c1-4-8-5-9(15-14-8)16-21(19,20)11-6(2)10(12(17)18)13-7(11)3/h5,13H,4H2,1-3H3,(H,17,18)(H2,14,15,16). The lowest BCUT2D eigenvalue weighted by Gasteiger charge is -2.06. The van der Waals surface area contributed by atoms with Crippen molar-refractivity contribution >= 4 is 21.8 Å². The fourth-order valence-corrected chi connectivity index (χ4v) is 3.57. The average Bonchev–Trinajstić information content (AvgIpc) is 2.93. The molecular formula is C12H16N4O4S. The summed E-state index contributed by atoms with van der Waals surface area (Å²) in [6.07, 6.45) is 0.695. The molecule has 0 saturated carbocycles. The lowest BCUT2D eigenvalue weighted by molar-refractivity contribution is 0.0690. The minimum Gasteiger partial charge on any atom is -0.477 e. The van der Waals surface area contributed by atoms with Gasteiger partial charge in [-0.25, -0.2) is 13.2 Å². The van der Waals surface area contributed by atoms with E-state index in [-0.39, 0.29) is 27.7 Å². The van der Waals surface area contributed by atoms with Crippen LogP contribution in [0.1, 0.15) is 34.4 Å². The van der Waals surface area contributed by atoms with Gasteiger partial charge >= 0.3 is 5.97 Å². The molecule has 4 N–H and O–H groups in total. The monoisotopic (exact) mass is 312 g/mol. The van der Waals surface area contributed by atoms with E-state index in [9.17, 15) is 13.2 Å². The number of hydrogen-bond acceptors (Lipinski definition) is 4. The Morgan fingerprint density at radius 3 is 2.57 bits per heavy atom. The van der Waals surface area contributed by atoms with Gasteiger partial charge in [-0.3, -0.25) is 9.82 Å². The molecule has 21 heavy (non-hydrogen) atoms. The van der Waals surface area contributed by atoms with Crippen molar-refractivity contribution in [2.45, 2.75) is 32.1 Å². The van der Waals surface area contributed by atoms with E-state index in [1.165, 1.54) is 13.8 Å². The largest absolute Gasteiger partial charge is 0.477 e. The molecule has 0 aliphatic carbocycles. The van der Waals surface area contributed by atoms with E-state index in [1.807, 2.05) is 6.92 Å². The number of rotatable bonds is 5. The number of nitrogens with zero attached hydrogens (tertiary/aromatic N) is 1. The number of carboxylic acid groups (broad SMARTS) is 1. The predicted molar refractivity (Wildman–Crippen MR) is 76.0 cm³/mol. The Morgan fingerprint density at radius 2 is 2.10 bits per heavy atom. The quantitative estimate of drug-likeness (QED) is 0.663. The number of nitrogens with one attached hydrogen (secondary N) is 3. The molecule has 0 bridgehead atoms. The number of sulfonamides is 1. The molecule has 8 nitrogen and oxygen atoms in total. The number of aryl methyl sites for hydroxylation is 2. The minimum atomic E-state index is -3.91. The maximum atomic E-state index is 12.4. The first-order chi connectivity index (χ1) is 9.76. The van der Waals surface area contributed by atoms with Crippen molar-refractivity contribution in [1.82, 2.24) is 15.2 Å². The highest BCUT2D eigenvalue weighted by atomic mass is 32.2. The van der Waals surface area contributed by atoms with Crippen molar-refractivity contribution in [2.75, 3.05) is 4.72 Å². The first-order valence-corrected chi connectivity index (χ1v) is 7.74. The molecule has 2 aromatic rings. The van der Waals surface area contributed by atoms with Crippen molar-refractivity contribution in [2.24, 2.45) is 0 Å². The molecule has 2 aromatic heterocycles. The predicted octanol–water partition coefficient (Wildman–Crippen LogP) is 1.42. The minimum absolute atomic E-state index is 0.0686. The molecule has 2 rings (SSSR count). The van der Waals surface area contributed by atoms with Gasteiger partial charge in [0, 0.05) is 23.0 Å². The normalized spacial score (nSPS) is 11.6. The second kappa shape index (κ2) is 5.24. The molecule has 0 amide bonds. The van der Waals surface area contributed by atoms with Gasteiger partial charge in [-0.1, -0.05) is 6.92 Å². The van der Waals surface area contributed by atoms with Crippen LogP contribution in [0.15, 0.2) is 11.0 Å². The molecule has 0 aliphatic heterocycles. The number of hydrogen-bond donors (Lipinski definition) is 4. The topological polar surface area (TPSA) is 128 Å². The van der Waals surface area contributed by atoms with Crippen LogP contribution < -0.4 is 4.72 Å². The zero-order valence-electron chi connectivity index (χ0n) is 11.8. The molecule has 0 saturated heterocycles. The number of aromatic carboxylic acids is 1. The van der Waals surface area contributed by atoms with Gasteiger partial charge in [-0.15, -0.1) is 0 Å².